The molecular weight excluding hydrogens is 196 g/mol. The van der Waals surface area contributed by atoms with Crippen molar-refractivity contribution in [3.63, 3.8) is 0 Å². The predicted octanol–water partition coefficient (Wildman–Crippen LogP) is 1.67. The molecule has 0 saturated heterocycles. The Morgan fingerprint density at radius 2 is 2.00 bits per heavy atom. The van der Waals surface area contributed by atoms with E-state index in [2.05, 4.69) is 13.2 Å². The van der Waals surface area contributed by atoms with Gasteiger partial charge >= 0.3 is 5.97 Å². The van der Waals surface area contributed by atoms with Crippen LogP contribution in [0.4, 0.5) is 0 Å². The van der Waals surface area contributed by atoms with Crippen molar-refractivity contribution in [1.29, 1.82) is 0 Å². The number of rotatable bonds is 9. The van der Waals surface area contributed by atoms with E-state index in [0.717, 1.165) is 6.42 Å². The fourth-order valence-electron chi connectivity index (χ4n) is 0.746. The van der Waals surface area contributed by atoms with Crippen molar-refractivity contribution >= 4 is 5.97 Å². The summed E-state index contributed by atoms with van der Waals surface area (Å²) >= 11 is 0. The minimum Gasteiger partial charge on any atom is -0.502 e. The van der Waals surface area contributed by atoms with Gasteiger partial charge in [-0.3, -0.25) is 0 Å². The van der Waals surface area contributed by atoms with Gasteiger partial charge in [-0.05, 0) is 6.92 Å². The molecule has 0 bridgehead atoms. The highest BCUT2D eigenvalue weighted by atomic mass is 16.6. The average Bonchev–Trinajstić information content (AvgIpc) is 2.21. The Kier molecular flexibility index (Phi) is 8.47. The van der Waals surface area contributed by atoms with Crippen LogP contribution in [0.2, 0.25) is 0 Å². The van der Waals surface area contributed by atoms with E-state index in [1.54, 1.807) is 6.92 Å². The third-order valence-corrected chi connectivity index (χ3v) is 1.48. The molecule has 4 heteroatoms. The molecule has 0 fully saturated rings. The Morgan fingerprint density at radius 3 is 2.60 bits per heavy atom. The second-order valence-electron chi connectivity index (χ2n) is 2.92. The second kappa shape index (κ2) is 9.27. The Balaban J connectivity index is 3.14. The molecule has 0 rings (SSSR count). The molecule has 0 aromatic carbocycles. The van der Waals surface area contributed by atoms with Gasteiger partial charge in [0.25, 0.3) is 0 Å². The fraction of sp³-hybridized carbons (Fsp3) is 0.545. The summed E-state index contributed by atoms with van der Waals surface area (Å²) < 4.78 is 14.9. The SMILES string of the molecule is C=COCCCOCCOC(=O)C(=C)C. The van der Waals surface area contributed by atoms with E-state index >= 15 is 0 Å². The lowest BCUT2D eigenvalue weighted by Crippen LogP contribution is -2.11. The zero-order chi connectivity index (χ0) is 11.5. The summed E-state index contributed by atoms with van der Waals surface area (Å²) in [6, 6.07) is 0. The maximum absolute atomic E-state index is 10.9. The topological polar surface area (TPSA) is 44.8 Å². The lowest BCUT2D eigenvalue weighted by atomic mass is 10.4. The summed E-state index contributed by atoms with van der Waals surface area (Å²) in [5, 5.41) is 0. The monoisotopic (exact) mass is 214 g/mol. The molecule has 0 spiro atoms. The summed E-state index contributed by atoms with van der Waals surface area (Å²) in [6.07, 6.45) is 2.19. The molecule has 0 aliphatic rings. The standard InChI is InChI=1S/C11H18O4/c1-4-13-6-5-7-14-8-9-15-11(12)10(2)3/h4H,1-2,5-9H2,3H3. The molecule has 0 aliphatic carbocycles. The summed E-state index contributed by atoms with van der Waals surface area (Å²) in [6.45, 7) is 10.3. The largest absolute Gasteiger partial charge is 0.502 e. The van der Waals surface area contributed by atoms with E-state index in [4.69, 9.17) is 14.2 Å². The van der Waals surface area contributed by atoms with E-state index in [1.807, 2.05) is 0 Å². The first-order chi connectivity index (χ1) is 7.18. The highest BCUT2D eigenvalue weighted by molar-refractivity contribution is 5.86. The van der Waals surface area contributed by atoms with Crippen LogP contribution in [0.1, 0.15) is 13.3 Å². The Labute approximate surface area is 90.5 Å². The third kappa shape index (κ3) is 9.02. The molecule has 0 atom stereocenters. The second-order valence-corrected chi connectivity index (χ2v) is 2.92. The Hall–Kier alpha value is -1.29. The number of carbonyl (C=O) groups is 1. The molecule has 86 valence electrons. The molecular formula is C11H18O4. The van der Waals surface area contributed by atoms with Crippen molar-refractivity contribution in [1.82, 2.24) is 0 Å². The van der Waals surface area contributed by atoms with Crippen molar-refractivity contribution in [3.8, 4) is 0 Å². The van der Waals surface area contributed by atoms with Gasteiger partial charge in [0.15, 0.2) is 0 Å². The van der Waals surface area contributed by atoms with Gasteiger partial charge in [-0.1, -0.05) is 13.2 Å². The number of esters is 1. The summed E-state index contributed by atoms with van der Waals surface area (Å²) in [4.78, 5) is 10.9. The zero-order valence-electron chi connectivity index (χ0n) is 9.16. The summed E-state index contributed by atoms with van der Waals surface area (Å²) in [5.74, 6) is -0.381. The molecule has 15 heavy (non-hydrogen) atoms. The molecule has 0 amide bonds. The fourth-order valence-corrected chi connectivity index (χ4v) is 0.746. The predicted molar refractivity (Wildman–Crippen MR) is 57.4 cm³/mol. The smallest absolute Gasteiger partial charge is 0.333 e. The minimum absolute atomic E-state index is 0.258. The van der Waals surface area contributed by atoms with Gasteiger partial charge in [-0.2, -0.15) is 0 Å². The molecule has 0 heterocycles. The van der Waals surface area contributed by atoms with Crippen molar-refractivity contribution in [2.75, 3.05) is 26.4 Å². The van der Waals surface area contributed by atoms with Crippen molar-refractivity contribution < 1.29 is 19.0 Å². The number of carbonyl (C=O) groups excluding carboxylic acids is 1. The first kappa shape index (κ1) is 13.7. The van der Waals surface area contributed by atoms with E-state index in [-0.39, 0.29) is 12.6 Å². The Morgan fingerprint density at radius 1 is 1.27 bits per heavy atom. The zero-order valence-corrected chi connectivity index (χ0v) is 9.16. The highest BCUT2D eigenvalue weighted by Gasteiger charge is 2.01. The lowest BCUT2D eigenvalue weighted by molar-refractivity contribution is -0.140. The van der Waals surface area contributed by atoms with Crippen molar-refractivity contribution in [2.24, 2.45) is 0 Å². The van der Waals surface area contributed by atoms with Crippen LogP contribution in [0, 0.1) is 0 Å². The van der Waals surface area contributed by atoms with E-state index in [0.29, 0.717) is 25.4 Å². The number of ether oxygens (including phenoxy) is 3. The summed E-state index contributed by atoms with van der Waals surface area (Å²) in [7, 11) is 0. The van der Waals surface area contributed by atoms with Crippen LogP contribution in [0.15, 0.2) is 25.0 Å². The maximum Gasteiger partial charge on any atom is 0.333 e. The van der Waals surface area contributed by atoms with Gasteiger partial charge in [-0.15, -0.1) is 0 Å². The van der Waals surface area contributed by atoms with Crippen LogP contribution in [0.25, 0.3) is 0 Å². The Bertz CT molecular complexity index is 211. The van der Waals surface area contributed by atoms with Crippen LogP contribution in [-0.2, 0) is 19.0 Å². The number of hydrogen-bond donors (Lipinski definition) is 0. The molecule has 0 saturated carbocycles. The average molecular weight is 214 g/mol. The summed E-state index contributed by atoms with van der Waals surface area (Å²) in [5.41, 5.74) is 0.398. The number of hydrogen-bond acceptors (Lipinski definition) is 4. The normalized spacial score (nSPS) is 9.40. The molecule has 4 nitrogen and oxygen atoms in total. The van der Waals surface area contributed by atoms with Gasteiger partial charge in [0.2, 0.25) is 0 Å². The maximum atomic E-state index is 10.9. The van der Waals surface area contributed by atoms with Gasteiger partial charge in [0.05, 0.1) is 19.5 Å². The molecule has 0 aliphatic heterocycles. The van der Waals surface area contributed by atoms with Gasteiger partial charge in [0.1, 0.15) is 6.61 Å². The molecule has 0 aromatic heterocycles. The van der Waals surface area contributed by atoms with Crippen molar-refractivity contribution in [2.45, 2.75) is 13.3 Å². The quantitative estimate of drug-likeness (QED) is 0.253. The van der Waals surface area contributed by atoms with Crippen LogP contribution in [-0.4, -0.2) is 32.4 Å². The molecule has 0 unspecified atom stereocenters. The first-order valence-electron chi connectivity index (χ1n) is 4.81. The van der Waals surface area contributed by atoms with Crippen LogP contribution in [0.5, 0.6) is 0 Å². The van der Waals surface area contributed by atoms with Crippen LogP contribution in [0.3, 0.4) is 0 Å². The third-order valence-electron chi connectivity index (χ3n) is 1.48. The molecule has 0 N–H and O–H groups in total. The van der Waals surface area contributed by atoms with Gasteiger partial charge in [-0.25, -0.2) is 4.79 Å². The molecule has 0 radical (unpaired) electrons. The van der Waals surface area contributed by atoms with Crippen LogP contribution < -0.4 is 0 Å². The van der Waals surface area contributed by atoms with E-state index in [9.17, 15) is 4.79 Å². The van der Waals surface area contributed by atoms with Gasteiger partial charge in [0, 0.05) is 18.6 Å². The van der Waals surface area contributed by atoms with Crippen LogP contribution >= 0.6 is 0 Å². The highest BCUT2D eigenvalue weighted by Crippen LogP contribution is 1.92. The van der Waals surface area contributed by atoms with E-state index < -0.39 is 0 Å². The first-order valence-corrected chi connectivity index (χ1v) is 4.81. The minimum atomic E-state index is -0.381. The molecule has 0 aromatic rings. The van der Waals surface area contributed by atoms with Gasteiger partial charge < -0.3 is 14.2 Å². The van der Waals surface area contributed by atoms with Crippen molar-refractivity contribution in [3.05, 3.63) is 25.0 Å². The lowest BCUT2D eigenvalue weighted by Gasteiger charge is -2.05. The van der Waals surface area contributed by atoms with E-state index in [1.165, 1.54) is 6.26 Å².